The van der Waals surface area contributed by atoms with Crippen LogP contribution in [-0.2, 0) is 4.79 Å². The predicted octanol–water partition coefficient (Wildman–Crippen LogP) is 1.86. The minimum atomic E-state index is -4.98. The van der Waals surface area contributed by atoms with E-state index >= 15 is 0 Å². The summed E-state index contributed by atoms with van der Waals surface area (Å²) >= 11 is 0. The molecule has 9 heteroatoms. The molecular weight excluding hydrogens is 277 g/mol. The van der Waals surface area contributed by atoms with Crippen LogP contribution in [0.25, 0.3) is 5.52 Å². The van der Waals surface area contributed by atoms with E-state index in [4.69, 9.17) is 5.11 Å². The van der Waals surface area contributed by atoms with E-state index in [0.29, 0.717) is 12.6 Å². The normalized spacial score (nSPS) is 15.1. The Bertz CT molecular complexity index is 667. The Hall–Kier alpha value is -2.32. The van der Waals surface area contributed by atoms with Crippen LogP contribution in [0.15, 0.2) is 18.5 Å². The third-order valence-electron chi connectivity index (χ3n) is 2.88. The minimum absolute atomic E-state index is 0.199. The molecule has 0 aromatic carbocycles. The van der Waals surface area contributed by atoms with E-state index in [0.717, 1.165) is 0 Å². The zero-order valence-electron chi connectivity index (χ0n) is 10.6. The first-order chi connectivity index (χ1) is 9.15. The van der Waals surface area contributed by atoms with E-state index in [2.05, 4.69) is 10.1 Å². The number of rotatable bonds is 3. The van der Waals surface area contributed by atoms with Gasteiger partial charge in [0.05, 0.1) is 5.69 Å². The molecule has 2 rings (SSSR count). The van der Waals surface area contributed by atoms with Gasteiger partial charge in [-0.1, -0.05) is 0 Å². The van der Waals surface area contributed by atoms with Gasteiger partial charge < -0.3 is 10.4 Å². The Morgan fingerprint density at radius 2 is 2.10 bits per heavy atom. The summed E-state index contributed by atoms with van der Waals surface area (Å²) in [5, 5.41) is 14.8. The lowest BCUT2D eigenvalue weighted by Gasteiger charge is -2.29. The van der Waals surface area contributed by atoms with Crippen molar-refractivity contribution in [1.82, 2.24) is 14.6 Å². The topological polar surface area (TPSA) is 79.5 Å². The monoisotopic (exact) mass is 288 g/mol. The largest absolute Gasteiger partial charge is 0.479 e. The number of aryl methyl sites for hydroxylation is 1. The third kappa shape index (κ3) is 2.15. The van der Waals surface area contributed by atoms with Crippen molar-refractivity contribution in [3.05, 3.63) is 24.2 Å². The summed E-state index contributed by atoms with van der Waals surface area (Å²) in [5.74, 6) is -2.24. The number of carboxylic acid groups (broad SMARTS) is 1. The Morgan fingerprint density at radius 3 is 2.65 bits per heavy atom. The van der Waals surface area contributed by atoms with Gasteiger partial charge in [-0.2, -0.15) is 18.3 Å². The molecule has 108 valence electrons. The Morgan fingerprint density at radius 1 is 1.45 bits per heavy atom. The molecule has 20 heavy (non-hydrogen) atoms. The van der Waals surface area contributed by atoms with Gasteiger partial charge in [0, 0.05) is 12.4 Å². The van der Waals surface area contributed by atoms with Gasteiger partial charge in [-0.25, -0.2) is 14.3 Å². The molecule has 0 saturated carbocycles. The van der Waals surface area contributed by atoms with Crippen LogP contribution in [0, 0.1) is 6.92 Å². The van der Waals surface area contributed by atoms with Crippen molar-refractivity contribution in [1.29, 1.82) is 0 Å². The molecule has 0 bridgehead atoms. The second-order valence-corrected chi connectivity index (χ2v) is 4.44. The number of nitrogens with zero attached hydrogens (tertiary/aromatic N) is 3. The van der Waals surface area contributed by atoms with Crippen molar-refractivity contribution >= 4 is 17.3 Å². The van der Waals surface area contributed by atoms with Crippen LogP contribution in [0.1, 0.15) is 12.6 Å². The fourth-order valence-corrected chi connectivity index (χ4v) is 1.62. The molecule has 0 amide bonds. The van der Waals surface area contributed by atoms with Gasteiger partial charge >= 0.3 is 12.1 Å². The number of hydrogen-bond acceptors (Lipinski definition) is 4. The summed E-state index contributed by atoms with van der Waals surface area (Å²) in [6, 6.07) is 1.51. The molecule has 0 aliphatic heterocycles. The molecule has 2 N–H and O–H groups in total. The average Bonchev–Trinajstić information content (AvgIpc) is 2.68. The van der Waals surface area contributed by atoms with Crippen LogP contribution in [-0.4, -0.2) is 37.4 Å². The first kappa shape index (κ1) is 14.1. The Labute approximate surface area is 111 Å². The van der Waals surface area contributed by atoms with Crippen LogP contribution < -0.4 is 5.32 Å². The van der Waals surface area contributed by atoms with Crippen molar-refractivity contribution in [2.24, 2.45) is 0 Å². The molecule has 0 saturated heterocycles. The quantitative estimate of drug-likeness (QED) is 0.901. The molecule has 0 aliphatic carbocycles. The molecule has 0 spiro atoms. The average molecular weight is 288 g/mol. The number of hydrogen-bond donors (Lipinski definition) is 2. The number of fused-ring (bicyclic) bond motifs is 1. The molecule has 0 radical (unpaired) electrons. The fraction of sp³-hybridized carbons (Fsp3) is 0.364. The molecule has 0 fully saturated rings. The zero-order valence-corrected chi connectivity index (χ0v) is 10.6. The van der Waals surface area contributed by atoms with Crippen LogP contribution in [0.5, 0.6) is 0 Å². The minimum Gasteiger partial charge on any atom is -0.479 e. The second-order valence-electron chi connectivity index (χ2n) is 4.44. The molecule has 2 aromatic heterocycles. The lowest BCUT2D eigenvalue weighted by atomic mass is 10.0. The molecule has 0 aliphatic rings. The number of alkyl halides is 3. The summed E-state index contributed by atoms with van der Waals surface area (Å²) in [5.41, 5.74) is -2.30. The fourth-order valence-electron chi connectivity index (χ4n) is 1.62. The van der Waals surface area contributed by atoms with E-state index in [-0.39, 0.29) is 11.3 Å². The first-order valence-electron chi connectivity index (χ1n) is 5.54. The number of anilines is 1. The predicted molar refractivity (Wildman–Crippen MR) is 63.4 cm³/mol. The van der Waals surface area contributed by atoms with Crippen LogP contribution in [0.2, 0.25) is 0 Å². The van der Waals surface area contributed by atoms with E-state index in [1.54, 1.807) is 6.92 Å². The highest BCUT2D eigenvalue weighted by Gasteiger charge is 2.58. The van der Waals surface area contributed by atoms with Crippen molar-refractivity contribution < 1.29 is 23.1 Å². The Balaban J connectivity index is 2.52. The highest BCUT2D eigenvalue weighted by Crippen LogP contribution is 2.34. The summed E-state index contributed by atoms with van der Waals surface area (Å²) in [6.45, 7) is 2.21. The SMILES string of the molecule is Cc1cc2c(NC(C)(C(=O)O)C(F)(F)F)nccn2n1. The van der Waals surface area contributed by atoms with Gasteiger partial charge in [-0.15, -0.1) is 0 Å². The first-order valence-corrected chi connectivity index (χ1v) is 5.54. The van der Waals surface area contributed by atoms with Gasteiger partial charge in [-0.05, 0) is 19.9 Å². The smallest absolute Gasteiger partial charge is 0.422 e. The second kappa shape index (κ2) is 4.36. The number of aliphatic carboxylic acids is 1. The molecule has 1 atom stereocenters. The molecule has 2 aromatic rings. The maximum absolute atomic E-state index is 13.0. The number of halogens is 3. The van der Waals surface area contributed by atoms with Gasteiger partial charge in [0.25, 0.3) is 0 Å². The number of carbonyl (C=O) groups is 1. The van der Waals surface area contributed by atoms with Gasteiger partial charge in [0.1, 0.15) is 5.52 Å². The van der Waals surface area contributed by atoms with Crippen LogP contribution >= 0.6 is 0 Å². The molecule has 1 unspecified atom stereocenters. The summed E-state index contributed by atoms with van der Waals surface area (Å²) in [7, 11) is 0. The van der Waals surface area contributed by atoms with Crippen molar-refractivity contribution in [2.75, 3.05) is 5.32 Å². The van der Waals surface area contributed by atoms with E-state index < -0.39 is 17.7 Å². The summed E-state index contributed by atoms with van der Waals surface area (Å²) < 4.78 is 40.2. The molecular formula is C11H11F3N4O2. The maximum atomic E-state index is 13.0. The third-order valence-corrected chi connectivity index (χ3v) is 2.88. The standard InChI is InChI=1S/C11H11F3N4O2/c1-6-5-7-8(15-3-4-18(7)17-6)16-10(2,9(19)20)11(12,13)14/h3-5H,1-2H3,(H,15,16)(H,19,20). The van der Waals surface area contributed by atoms with E-state index in [9.17, 15) is 18.0 Å². The van der Waals surface area contributed by atoms with Crippen molar-refractivity contribution in [3.8, 4) is 0 Å². The molecule has 6 nitrogen and oxygen atoms in total. The lowest BCUT2D eigenvalue weighted by Crippen LogP contribution is -2.55. The van der Waals surface area contributed by atoms with Crippen molar-refractivity contribution in [3.63, 3.8) is 0 Å². The van der Waals surface area contributed by atoms with Gasteiger partial charge in [0.2, 0.25) is 5.54 Å². The maximum Gasteiger partial charge on any atom is 0.422 e. The lowest BCUT2D eigenvalue weighted by molar-refractivity contribution is -0.192. The zero-order chi connectivity index (χ0) is 15.1. The van der Waals surface area contributed by atoms with Crippen LogP contribution in [0.3, 0.4) is 0 Å². The summed E-state index contributed by atoms with van der Waals surface area (Å²) in [6.07, 6.45) is -2.29. The number of carboxylic acids is 1. The van der Waals surface area contributed by atoms with Gasteiger partial charge in [0.15, 0.2) is 5.82 Å². The highest BCUT2D eigenvalue weighted by molar-refractivity contribution is 5.85. The molecule has 2 heterocycles. The highest BCUT2D eigenvalue weighted by atomic mass is 19.4. The van der Waals surface area contributed by atoms with E-state index in [1.165, 1.54) is 23.0 Å². The van der Waals surface area contributed by atoms with Crippen molar-refractivity contribution in [2.45, 2.75) is 25.6 Å². The number of aromatic nitrogens is 3. The van der Waals surface area contributed by atoms with Crippen LogP contribution in [0.4, 0.5) is 19.0 Å². The number of nitrogens with one attached hydrogen (secondary N) is 1. The Kier molecular flexibility index (Phi) is 3.07. The summed E-state index contributed by atoms with van der Waals surface area (Å²) in [4.78, 5) is 14.7. The van der Waals surface area contributed by atoms with Gasteiger partial charge in [-0.3, -0.25) is 0 Å². The van der Waals surface area contributed by atoms with E-state index in [1.807, 2.05) is 5.32 Å².